The number of nitrogens with zero attached hydrogens (tertiary/aromatic N) is 3. The van der Waals surface area contributed by atoms with Crippen molar-refractivity contribution in [3.8, 4) is 0 Å². The van der Waals surface area contributed by atoms with Crippen molar-refractivity contribution in [2.45, 2.75) is 26.3 Å². The quantitative estimate of drug-likeness (QED) is 0.868. The van der Waals surface area contributed by atoms with Crippen LogP contribution >= 0.6 is 11.3 Å². The van der Waals surface area contributed by atoms with Crippen LogP contribution < -0.4 is 5.32 Å². The Morgan fingerprint density at radius 1 is 1.47 bits per heavy atom. The third-order valence-electron chi connectivity index (χ3n) is 3.72. The predicted molar refractivity (Wildman–Crippen MR) is 82.8 cm³/mol. The normalized spacial score (nSPS) is 18.1. The van der Waals surface area contributed by atoms with Gasteiger partial charge >= 0.3 is 0 Å². The fourth-order valence-corrected chi connectivity index (χ4v) is 3.59. The molecule has 0 spiro atoms. The van der Waals surface area contributed by atoms with E-state index in [9.17, 15) is 0 Å². The van der Waals surface area contributed by atoms with Gasteiger partial charge in [0.2, 0.25) is 0 Å². The second kappa shape index (κ2) is 7.22. The molecule has 0 unspecified atom stereocenters. The van der Waals surface area contributed by atoms with Crippen molar-refractivity contribution >= 4 is 16.5 Å². The van der Waals surface area contributed by atoms with Gasteiger partial charge in [0, 0.05) is 30.7 Å². The van der Waals surface area contributed by atoms with Crippen molar-refractivity contribution in [2.24, 2.45) is 5.92 Å². The molecule has 0 aromatic carbocycles. The molecule has 19 heavy (non-hydrogen) atoms. The number of piperidine rings is 1. The lowest BCUT2D eigenvalue weighted by Gasteiger charge is -2.31. The van der Waals surface area contributed by atoms with Crippen LogP contribution in [0.15, 0.2) is 6.20 Å². The fraction of sp³-hybridized carbons (Fsp3) is 0.786. The molecular weight excluding hydrogens is 256 g/mol. The number of hydrogen-bond acceptors (Lipinski definition) is 5. The number of anilines is 1. The minimum Gasteiger partial charge on any atom is -0.362 e. The van der Waals surface area contributed by atoms with Gasteiger partial charge in [-0.2, -0.15) is 0 Å². The first-order valence-corrected chi connectivity index (χ1v) is 8.04. The molecule has 0 radical (unpaired) electrons. The van der Waals surface area contributed by atoms with Gasteiger partial charge in [0.1, 0.15) is 0 Å². The maximum Gasteiger partial charge on any atom is 0.182 e. The first-order chi connectivity index (χ1) is 9.17. The lowest BCUT2D eigenvalue weighted by molar-refractivity contribution is 0.174. The van der Waals surface area contributed by atoms with Crippen LogP contribution in [0.5, 0.6) is 0 Å². The van der Waals surface area contributed by atoms with E-state index in [1.54, 1.807) is 11.3 Å². The Morgan fingerprint density at radius 2 is 2.21 bits per heavy atom. The highest BCUT2D eigenvalue weighted by Crippen LogP contribution is 2.21. The first kappa shape index (κ1) is 14.8. The molecule has 108 valence electrons. The summed E-state index contributed by atoms with van der Waals surface area (Å²) in [6.07, 6.45) is 4.69. The monoisotopic (exact) mass is 282 g/mol. The van der Waals surface area contributed by atoms with Crippen LogP contribution in [0, 0.1) is 5.92 Å². The molecule has 1 aliphatic rings. The topological polar surface area (TPSA) is 31.4 Å². The summed E-state index contributed by atoms with van der Waals surface area (Å²) < 4.78 is 0. The third-order valence-corrected chi connectivity index (χ3v) is 4.66. The second-order valence-electron chi connectivity index (χ2n) is 5.61. The predicted octanol–water partition coefficient (Wildman–Crippen LogP) is 2.35. The zero-order chi connectivity index (χ0) is 13.7. The molecule has 1 aromatic rings. The number of rotatable bonds is 6. The Labute approximate surface area is 120 Å². The summed E-state index contributed by atoms with van der Waals surface area (Å²) in [6.45, 7) is 7.79. The van der Waals surface area contributed by atoms with Gasteiger partial charge in [-0.3, -0.25) is 0 Å². The summed E-state index contributed by atoms with van der Waals surface area (Å²) in [6, 6.07) is 0. The lowest BCUT2D eigenvalue weighted by Crippen LogP contribution is -2.35. The summed E-state index contributed by atoms with van der Waals surface area (Å²) in [5, 5.41) is 4.32. The third kappa shape index (κ3) is 4.75. The molecule has 1 aromatic heterocycles. The summed E-state index contributed by atoms with van der Waals surface area (Å²) in [5.41, 5.74) is 0. The van der Waals surface area contributed by atoms with Gasteiger partial charge in [0.05, 0.1) is 0 Å². The van der Waals surface area contributed by atoms with Gasteiger partial charge in [-0.1, -0.05) is 0 Å². The number of thiazole rings is 1. The molecule has 1 saturated heterocycles. The molecule has 4 nitrogen and oxygen atoms in total. The van der Waals surface area contributed by atoms with E-state index in [0.29, 0.717) is 0 Å². The standard InChI is InChI=1S/C14H26N4S/c1-4-15-14-16-9-13(19-14)11-18(3)10-12-5-7-17(2)8-6-12/h9,12H,4-8,10-11H2,1-3H3,(H,15,16). The van der Waals surface area contributed by atoms with Crippen molar-refractivity contribution in [1.82, 2.24) is 14.8 Å². The SMILES string of the molecule is CCNc1ncc(CN(C)CC2CCN(C)CC2)s1. The average Bonchev–Trinajstić information content (AvgIpc) is 2.80. The van der Waals surface area contributed by atoms with Gasteiger partial charge in [-0.05, 0) is 52.9 Å². The van der Waals surface area contributed by atoms with Crippen LogP contribution in [-0.4, -0.2) is 55.1 Å². The summed E-state index contributed by atoms with van der Waals surface area (Å²) >= 11 is 1.78. The van der Waals surface area contributed by atoms with E-state index in [2.05, 4.69) is 41.1 Å². The zero-order valence-electron chi connectivity index (χ0n) is 12.4. The van der Waals surface area contributed by atoms with Crippen molar-refractivity contribution in [3.63, 3.8) is 0 Å². The number of likely N-dealkylation sites (tertiary alicyclic amines) is 1. The molecule has 1 N–H and O–H groups in total. The Bertz CT molecular complexity index is 371. The molecule has 0 bridgehead atoms. The van der Waals surface area contributed by atoms with Crippen molar-refractivity contribution in [1.29, 1.82) is 0 Å². The van der Waals surface area contributed by atoms with Gasteiger partial charge in [0.25, 0.3) is 0 Å². The van der Waals surface area contributed by atoms with Crippen molar-refractivity contribution in [3.05, 3.63) is 11.1 Å². The smallest absolute Gasteiger partial charge is 0.182 e. The molecular formula is C14H26N4S. The van der Waals surface area contributed by atoms with E-state index < -0.39 is 0 Å². The Balaban J connectivity index is 1.75. The summed E-state index contributed by atoms with van der Waals surface area (Å²) in [4.78, 5) is 10.6. The first-order valence-electron chi connectivity index (χ1n) is 7.23. The van der Waals surface area contributed by atoms with Gasteiger partial charge < -0.3 is 15.1 Å². The fourth-order valence-electron chi connectivity index (χ4n) is 2.63. The van der Waals surface area contributed by atoms with Crippen LogP contribution in [0.3, 0.4) is 0 Å². The lowest BCUT2D eigenvalue weighted by atomic mass is 9.97. The minimum atomic E-state index is 0.863. The minimum absolute atomic E-state index is 0.863. The Hall–Kier alpha value is -0.650. The van der Waals surface area contributed by atoms with Crippen LogP contribution in [0.4, 0.5) is 5.13 Å². The zero-order valence-corrected chi connectivity index (χ0v) is 13.2. The van der Waals surface area contributed by atoms with Gasteiger partial charge in [-0.25, -0.2) is 4.98 Å². The van der Waals surface area contributed by atoms with E-state index in [4.69, 9.17) is 0 Å². The Morgan fingerprint density at radius 3 is 2.89 bits per heavy atom. The highest BCUT2D eigenvalue weighted by atomic mass is 32.1. The van der Waals surface area contributed by atoms with E-state index >= 15 is 0 Å². The Kier molecular flexibility index (Phi) is 5.60. The maximum absolute atomic E-state index is 4.39. The molecule has 2 rings (SSSR count). The average molecular weight is 282 g/mol. The van der Waals surface area contributed by atoms with Crippen LogP contribution in [0.25, 0.3) is 0 Å². The van der Waals surface area contributed by atoms with Crippen LogP contribution in [0.1, 0.15) is 24.6 Å². The molecule has 1 aliphatic heterocycles. The molecule has 0 saturated carbocycles. The number of aromatic nitrogens is 1. The van der Waals surface area contributed by atoms with Crippen molar-refractivity contribution in [2.75, 3.05) is 45.6 Å². The van der Waals surface area contributed by atoms with Crippen molar-refractivity contribution < 1.29 is 0 Å². The van der Waals surface area contributed by atoms with Crippen LogP contribution in [-0.2, 0) is 6.54 Å². The largest absolute Gasteiger partial charge is 0.362 e. The highest BCUT2D eigenvalue weighted by molar-refractivity contribution is 7.15. The van der Waals surface area contributed by atoms with Gasteiger partial charge in [0.15, 0.2) is 5.13 Å². The van der Waals surface area contributed by atoms with E-state index in [1.165, 1.54) is 37.4 Å². The molecule has 0 amide bonds. The highest BCUT2D eigenvalue weighted by Gasteiger charge is 2.18. The summed E-state index contributed by atoms with van der Waals surface area (Å²) in [5.74, 6) is 0.863. The maximum atomic E-state index is 4.39. The molecule has 0 aliphatic carbocycles. The van der Waals surface area contributed by atoms with Gasteiger partial charge in [-0.15, -0.1) is 11.3 Å². The second-order valence-corrected chi connectivity index (χ2v) is 6.72. The summed E-state index contributed by atoms with van der Waals surface area (Å²) in [7, 11) is 4.45. The van der Waals surface area contributed by atoms with E-state index in [1.807, 2.05) is 6.20 Å². The molecule has 5 heteroatoms. The van der Waals surface area contributed by atoms with E-state index in [0.717, 1.165) is 24.1 Å². The molecule has 1 fully saturated rings. The van der Waals surface area contributed by atoms with E-state index in [-0.39, 0.29) is 0 Å². The molecule has 2 heterocycles. The molecule has 0 atom stereocenters. The van der Waals surface area contributed by atoms with Crippen LogP contribution in [0.2, 0.25) is 0 Å². The number of hydrogen-bond donors (Lipinski definition) is 1. The number of nitrogens with one attached hydrogen (secondary N) is 1.